The van der Waals surface area contributed by atoms with Gasteiger partial charge >= 0.3 is 0 Å². The van der Waals surface area contributed by atoms with Crippen LogP contribution in [-0.4, -0.2) is 98.0 Å². The molecule has 8 N–H and O–H groups in total. The average Bonchev–Trinajstić information content (AvgIpc) is 1.39. The van der Waals surface area contributed by atoms with Crippen molar-refractivity contribution in [3.63, 3.8) is 0 Å². The van der Waals surface area contributed by atoms with Crippen molar-refractivity contribution >= 4 is 163 Å². The van der Waals surface area contributed by atoms with E-state index in [0.29, 0.717) is 61.8 Å². The number of halogens is 1. The number of nitrogens with zero attached hydrogens (tertiary/aromatic N) is 16. The summed E-state index contributed by atoms with van der Waals surface area (Å²) >= 11 is 6.38. The number of hydrogen-bond acceptors (Lipinski definition) is 20. The Balaban J connectivity index is 0.000000162. The molecule has 20 rings (SSSR count). The highest BCUT2D eigenvalue weighted by Crippen LogP contribution is 2.37. The maximum atomic E-state index is 13.8. The van der Waals surface area contributed by atoms with Crippen LogP contribution in [0.2, 0.25) is 5.02 Å². The fourth-order valence-corrected chi connectivity index (χ4v) is 16.3. The van der Waals surface area contributed by atoms with Crippen molar-refractivity contribution in [1.82, 2.24) is 98.0 Å². The number of H-pyrrole nitrogens is 4. The standard InChI is InChI=1S/C25H24N6O.C24H22N6O.C22H17ClN6O.C21H22N6O.3CH4.3H2S/c1-4-19(30-24-22-23(27-13-26-22)28-14-29-24)20-12-17-7-5-6-16(3)21(17)25(32)31(20)18-10-8-15(2)9-11-18;1-14-6-4-9-18(10-14)30-19(11-17-8-5-7-15(2)20(17)24(30)31)16(3)29-23-21-22(26-12-25-21)27-13-28-23;1-13(28-21-19-20(25-11-24-19)26-12-27-21)17-10-14-6-5-9-16(23)18(14)22(30)29(17)15-7-3-2-4-8-15;1-12-5-3-6-14-9-16(27(15-7-4-8-15)21(28)17(12)14)13(2)26-20-18-19(23-10-22-18)24-11-25-20;;;;;;/h5-14,19H,4H2,1-3H3,(H2,26,27,28,29,30);4-13,16H,1-3H3,(H2,25,26,27,28,29);2-13H,1H3,(H2,24,25,26,27,28);3,5-6,9-11,13,15H,4,7-8H2,1-2H3,(H2,22,23,24,25,26);3*1H4;3*1H2/t;16-;2*13-;;;;;;/m.000....../s1. The number of anilines is 4. The van der Waals surface area contributed by atoms with Crippen LogP contribution < -0.4 is 43.5 Å². The van der Waals surface area contributed by atoms with Gasteiger partial charge in [0.05, 0.1) is 76.0 Å². The minimum Gasteiger partial charge on any atom is -0.360 e. The predicted octanol–water partition coefficient (Wildman–Crippen LogP) is 19.9. The molecule has 7 aromatic carbocycles. The van der Waals surface area contributed by atoms with E-state index in [-0.39, 0.29) is 115 Å². The molecular weight excluding hydrogens is 1670 g/mol. The second-order valence-electron chi connectivity index (χ2n) is 30.3. The molecular formula is C95H103ClN24O4S3. The summed E-state index contributed by atoms with van der Waals surface area (Å²) in [6, 6.07) is 56.8. The van der Waals surface area contributed by atoms with E-state index in [2.05, 4.69) is 133 Å². The van der Waals surface area contributed by atoms with Crippen LogP contribution in [0.4, 0.5) is 23.3 Å². The molecule has 19 aromatic rings. The second kappa shape index (κ2) is 40.4. The van der Waals surface area contributed by atoms with Gasteiger partial charge in [0, 0.05) is 45.9 Å². The molecule has 0 aliphatic heterocycles. The first kappa shape index (κ1) is 93.8. The van der Waals surface area contributed by atoms with Gasteiger partial charge in [-0.1, -0.05) is 156 Å². The zero-order valence-electron chi connectivity index (χ0n) is 69.2. The van der Waals surface area contributed by atoms with Crippen molar-refractivity contribution in [1.29, 1.82) is 0 Å². The molecule has 0 bridgehead atoms. The maximum Gasteiger partial charge on any atom is 0.264 e. The number of pyridine rings is 4. The van der Waals surface area contributed by atoms with Gasteiger partial charge in [0.1, 0.15) is 47.4 Å². The summed E-state index contributed by atoms with van der Waals surface area (Å²) in [5.41, 5.74) is 16.4. The Bertz CT molecular complexity index is 7390. The van der Waals surface area contributed by atoms with E-state index < -0.39 is 0 Å². The molecule has 652 valence electrons. The van der Waals surface area contributed by atoms with Crippen molar-refractivity contribution in [2.45, 2.75) is 140 Å². The third-order valence-electron chi connectivity index (χ3n) is 22.3. The second-order valence-corrected chi connectivity index (χ2v) is 30.7. The quantitative estimate of drug-likeness (QED) is 0.0420. The third kappa shape index (κ3) is 18.6. The summed E-state index contributed by atoms with van der Waals surface area (Å²) in [6.07, 6.45) is 16.3. The average molecular weight is 1780 g/mol. The van der Waals surface area contributed by atoms with Gasteiger partial charge in [-0.05, 0) is 192 Å². The molecule has 0 radical (unpaired) electrons. The van der Waals surface area contributed by atoms with Gasteiger partial charge in [-0.25, -0.2) is 59.8 Å². The molecule has 1 fully saturated rings. The summed E-state index contributed by atoms with van der Waals surface area (Å²) in [5.74, 6) is 2.60. The van der Waals surface area contributed by atoms with Gasteiger partial charge in [-0.2, -0.15) is 40.5 Å². The summed E-state index contributed by atoms with van der Waals surface area (Å²) in [7, 11) is 0. The lowest BCUT2D eigenvalue weighted by Gasteiger charge is -2.32. The molecule has 1 saturated carbocycles. The number of para-hydroxylation sites is 1. The van der Waals surface area contributed by atoms with E-state index in [9.17, 15) is 19.2 Å². The molecule has 1 unspecified atom stereocenters. The Morgan fingerprint density at radius 3 is 1.15 bits per heavy atom. The zero-order chi connectivity index (χ0) is 83.7. The minimum absolute atomic E-state index is 0. The Hall–Kier alpha value is -13.9. The smallest absolute Gasteiger partial charge is 0.264 e. The van der Waals surface area contributed by atoms with E-state index >= 15 is 0 Å². The SMILES string of the molecule is C.C.C.CCC(Nc1ncnc2nc[nH]c12)c1cc2cccc(C)c2c(=O)n1-c1ccc(C)cc1.C[C@H](Nc1ncnc2nc[nH]c12)c1cc2cccc(Cl)c2c(=O)n1-c1ccccc1.Cc1cccc(-n2c([C@H](C)Nc3ncnc4nc[nH]c34)cc3cccc(C)c3c2=O)c1.Cc1cccc2cc([C@H](C)Nc3ncnc4nc[nH]c34)n(C3CCC3)c(=O)c12.S.S.S. The number of hydrogen-bond donors (Lipinski definition) is 8. The number of fused-ring (bicyclic) bond motifs is 8. The highest BCUT2D eigenvalue weighted by molar-refractivity contribution is 7.59. The van der Waals surface area contributed by atoms with Crippen LogP contribution in [0.3, 0.4) is 0 Å². The third-order valence-corrected chi connectivity index (χ3v) is 22.6. The molecule has 0 spiro atoms. The van der Waals surface area contributed by atoms with Gasteiger partial charge in [-0.3, -0.25) is 32.9 Å². The molecule has 28 nitrogen and oxygen atoms in total. The molecule has 1 aliphatic carbocycles. The van der Waals surface area contributed by atoms with Crippen LogP contribution in [0.1, 0.15) is 156 Å². The summed E-state index contributed by atoms with van der Waals surface area (Å²) in [6.45, 7) is 18.2. The summed E-state index contributed by atoms with van der Waals surface area (Å²) < 4.78 is 7.31. The van der Waals surface area contributed by atoms with Gasteiger partial charge in [0.2, 0.25) is 0 Å². The molecule has 1 aliphatic rings. The highest BCUT2D eigenvalue weighted by Gasteiger charge is 2.29. The first-order valence-electron chi connectivity index (χ1n) is 40.0. The van der Waals surface area contributed by atoms with E-state index in [1.54, 1.807) is 40.5 Å². The lowest BCUT2D eigenvalue weighted by molar-refractivity contribution is 0.298. The van der Waals surface area contributed by atoms with Crippen LogP contribution in [0, 0.1) is 34.6 Å². The Kier molecular flexibility index (Phi) is 29.8. The lowest BCUT2D eigenvalue weighted by atomic mass is 9.91. The molecule has 4 atom stereocenters. The number of benzene rings is 7. The van der Waals surface area contributed by atoms with Crippen molar-refractivity contribution < 1.29 is 0 Å². The molecule has 32 heteroatoms. The van der Waals surface area contributed by atoms with Crippen LogP contribution in [0.5, 0.6) is 0 Å². The fourth-order valence-electron chi connectivity index (χ4n) is 16.0. The number of aromatic amines is 4. The minimum atomic E-state index is -0.248. The largest absolute Gasteiger partial charge is 0.360 e. The monoisotopic (exact) mass is 1770 g/mol. The first-order valence-corrected chi connectivity index (χ1v) is 40.3. The molecule has 12 heterocycles. The van der Waals surface area contributed by atoms with Crippen LogP contribution >= 0.6 is 52.1 Å². The Morgan fingerprint density at radius 2 is 0.724 bits per heavy atom. The van der Waals surface area contributed by atoms with Crippen molar-refractivity contribution in [3.05, 3.63) is 324 Å². The van der Waals surface area contributed by atoms with E-state index in [1.807, 2.05) is 209 Å². The normalized spacial score (nSPS) is 12.5. The zero-order valence-corrected chi connectivity index (χ0v) is 73.0. The van der Waals surface area contributed by atoms with Crippen LogP contribution in [-0.2, 0) is 0 Å². The summed E-state index contributed by atoms with van der Waals surface area (Å²) in [4.78, 5) is 118. The summed E-state index contributed by atoms with van der Waals surface area (Å²) in [5, 5.41) is 20.7. The van der Waals surface area contributed by atoms with Crippen molar-refractivity contribution in [2.75, 3.05) is 21.3 Å². The highest BCUT2D eigenvalue weighted by atomic mass is 35.5. The Morgan fingerprint density at radius 1 is 0.370 bits per heavy atom. The number of aryl methyl sites for hydroxylation is 5. The maximum absolute atomic E-state index is 13.8. The molecule has 127 heavy (non-hydrogen) atoms. The Labute approximate surface area is 758 Å². The number of rotatable bonds is 17. The number of nitrogens with one attached hydrogen (secondary N) is 8. The van der Waals surface area contributed by atoms with Crippen molar-refractivity contribution in [2.24, 2.45) is 0 Å². The first-order chi connectivity index (χ1) is 58.8. The van der Waals surface area contributed by atoms with Crippen LogP contribution in [0.15, 0.2) is 246 Å². The van der Waals surface area contributed by atoms with Gasteiger partial charge in [-0.15, -0.1) is 0 Å². The molecule has 0 amide bonds. The van der Waals surface area contributed by atoms with Crippen molar-refractivity contribution in [3.8, 4) is 17.1 Å². The van der Waals surface area contributed by atoms with Gasteiger partial charge in [0.25, 0.3) is 22.2 Å². The fraction of sp³-hybridized carbons (Fsp3) is 0.221. The van der Waals surface area contributed by atoms with E-state index in [0.717, 1.165) is 141 Å². The van der Waals surface area contributed by atoms with Gasteiger partial charge in [0.15, 0.2) is 45.9 Å². The molecule has 12 aromatic heterocycles. The lowest BCUT2D eigenvalue weighted by Crippen LogP contribution is -2.33. The van der Waals surface area contributed by atoms with Gasteiger partial charge < -0.3 is 45.8 Å². The molecule has 0 saturated heterocycles. The van der Waals surface area contributed by atoms with Crippen LogP contribution in [0.25, 0.3) is 105 Å². The topological polar surface area (TPSA) is 354 Å². The number of imidazole rings is 4. The van der Waals surface area contributed by atoms with E-state index in [4.69, 9.17) is 11.6 Å². The number of aromatic nitrogens is 20. The van der Waals surface area contributed by atoms with E-state index in [1.165, 1.54) is 31.7 Å². The predicted molar refractivity (Wildman–Crippen MR) is 529 cm³/mol.